The number of benzene rings is 1. The summed E-state index contributed by atoms with van der Waals surface area (Å²) in [5.74, 6) is 0.479. The fourth-order valence-corrected chi connectivity index (χ4v) is 1.79. The molecule has 0 saturated carbocycles. The lowest BCUT2D eigenvalue weighted by atomic mass is 10.2. The first-order valence-electron chi connectivity index (χ1n) is 5.42. The van der Waals surface area contributed by atoms with Crippen LogP contribution in [-0.2, 0) is 0 Å². The predicted octanol–water partition coefficient (Wildman–Crippen LogP) is 3.77. The number of aromatic nitrogens is 1. The number of halogens is 2. The lowest BCUT2D eigenvalue weighted by Gasteiger charge is -2.11. The van der Waals surface area contributed by atoms with Crippen LogP contribution in [0.25, 0.3) is 0 Å². The topological polar surface area (TPSA) is 72.0 Å². The number of amidine groups is 1. The molecule has 19 heavy (non-hydrogen) atoms. The van der Waals surface area contributed by atoms with Crippen molar-refractivity contribution in [1.29, 1.82) is 5.41 Å². The van der Waals surface area contributed by atoms with E-state index in [1.165, 1.54) is 0 Å². The molecule has 0 radical (unpaired) electrons. The molecule has 98 valence electrons. The number of aryl methyl sites for hydroxylation is 1. The SMILES string of the molecule is Cc1ccc(C(=N)N)c(Oc2cc(Cl)ccc2Cl)n1. The zero-order valence-electron chi connectivity index (χ0n) is 10.1. The van der Waals surface area contributed by atoms with Gasteiger partial charge in [0.15, 0.2) is 0 Å². The molecule has 0 amide bonds. The highest BCUT2D eigenvalue weighted by molar-refractivity contribution is 6.34. The van der Waals surface area contributed by atoms with E-state index in [0.29, 0.717) is 21.4 Å². The fraction of sp³-hybridized carbons (Fsp3) is 0.0769. The maximum Gasteiger partial charge on any atom is 0.230 e. The van der Waals surface area contributed by atoms with Crippen LogP contribution in [0.1, 0.15) is 11.3 Å². The number of nitrogens with two attached hydrogens (primary N) is 1. The maximum absolute atomic E-state index is 7.51. The minimum Gasteiger partial charge on any atom is -0.437 e. The van der Waals surface area contributed by atoms with Gasteiger partial charge in [0.2, 0.25) is 5.88 Å². The lowest BCUT2D eigenvalue weighted by Crippen LogP contribution is -2.13. The number of pyridine rings is 1. The minimum atomic E-state index is -0.124. The van der Waals surface area contributed by atoms with Gasteiger partial charge >= 0.3 is 0 Å². The molecule has 0 aliphatic carbocycles. The van der Waals surface area contributed by atoms with E-state index in [4.69, 9.17) is 39.1 Å². The molecule has 2 rings (SSSR count). The number of ether oxygens (including phenoxy) is 1. The van der Waals surface area contributed by atoms with Crippen LogP contribution >= 0.6 is 23.2 Å². The van der Waals surface area contributed by atoms with Gasteiger partial charge in [0.1, 0.15) is 11.6 Å². The van der Waals surface area contributed by atoms with Gasteiger partial charge in [-0.25, -0.2) is 4.98 Å². The summed E-state index contributed by atoms with van der Waals surface area (Å²) < 4.78 is 5.61. The van der Waals surface area contributed by atoms with Gasteiger partial charge in [-0.05, 0) is 31.2 Å². The van der Waals surface area contributed by atoms with Crippen LogP contribution in [0.3, 0.4) is 0 Å². The van der Waals surface area contributed by atoms with Gasteiger partial charge in [-0.3, -0.25) is 5.41 Å². The Morgan fingerprint density at radius 2 is 2.00 bits per heavy atom. The molecular formula is C13H11Cl2N3O. The maximum atomic E-state index is 7.51. The van der Waals surface area contributed by atoms with Crippen LogP contribution < -0.4 is 10.5 Å². The monoisotopic (exact) mass is 295 g/mol. The van der Waals surface area contributed by atoms with E-state index in [-0.39, 0.29) is 11.7 Å². The molecule has 0 spiro atoms. The van der Waals surface area contributed by atoms with Crippen LogP contribution in [-0.4, -0.2) is 10.8 Å². The molecule has 0 atom stereocenters. The van der Waals surface area contributed by atoms with E-state index >= 15 is 0 Å². The summed E-state index contributed by atoms with van der Waals surface area (Å²) in [4.78, 5) is 4.22. The molecule has 4 nitrogen and oxygen atoms in total. The fourth-order valence-electron chi connectivity index (χ4n) is 1.48. The van der Waals surface area contributed by atoms with E-state index < -0.39 is 0 Å². The molecule has 0 bridgehead atoms. The Morgan fingerprint density at radius 1 is 1.26 bits per heavy atom. The van der Waals surface area contributed by atoms with Gasteiger partial charge in [0, 0.05) is 16.8 Å². The average Bonchev–Trinajstić information content (AvgIpc) is 2.33. The molecule has 0 unspecified atom stereocenters. The predicted molar refractivity (Wildman–Crippen MR) is 76.5 cm³/mol. The third kappa shape index (κ3) is 3.16. The third-order valence-corrected chi connectivity index (χ3v) is 2.94. The summed E-state index contributed by atoms with van der Waals surface area (Å²) in [5.41, 5.74) is 6.64. The molecule has 2 aromatic rings. The molecule has 0 aliphatic heterocycles. The van der Waals surface area contributed by atoms with Crippen LogP contribution in [0.4, 0.5) is 0 Å². The highest BCUT2D eigenvalue weighted by Crippen LogP contribution is 2.32. The average molecular weight is 296 g/mol. The van der Waals surface area contributed by atoms with E-state index in [2.05, 4.69) is 4.98 Å². The normalized spacial score (nSPS) is 10.3. The van der Waals surface area contributed by atoms with Gasteiger partial charge in [-0.15, -0.1) is 0 Å². The quantitative estimate of drug-likeness (QED) is 0.669. The molecule has 6 heteroatoms. The van der Waals surface area contributed by atoms with Crippen molar-refractivity contribution in [3.05, 3.63) is 51.6 Å². The van der Waals surface area contributed by atoms with Crippen molar-refractivity contribution in [2.45, 2.75) is 6.92 Å². The second-order valence-corrected chi connectivity index (χ2v) is 4.74. The minimum absolute atomic E-state index is 0.124. The number of hydrogen-bond acceptors (Lipinski definition) is 3. The molecule has 0 fully saturated rings. The summed E-state index contributed by atoms with van der Waals surface area (Å²) in [7, 11) is 0. The molecule has 1 aromatic heterocycles. The number of nitrogens with one attached hydrogen (secondary N) is 1. The molecular weight excluding hydrogens is 285 g/mol. The summed E-state index contributed by atoms with van der Waals surface area (Å²) in [5, 5.41) is 8.41. The van der Waals surface area contributed by atoms with Crippen LogP contribution in [0, 0.1) is 12.3 Å². The van der Waals surface area contributed by atoms with E-state index in [0.717, 1.165) is 5.69 Å². The van der Waals surface area contributed by atoms with Crippen LogP contribution in [0.2, 0.25) is 10.0 Å². The number of hydrogen-bond donors (Lipinski definition) is 2. The first-order valence-corrected chi connectivity index (χ1v) is 6.18. The first kappa shape index (κ1) is 13.6. The summed E-state index contributed by atoms with van der Waals surface area (Å²) >= 11 is 11.9. The van der Waals surface area contributed by atoms with Crippen molar-refractivity contribution in [2.75, 3.05) is 0 Å². The van der Waals surface area contributed by atoms with Crippen LogP contribution in [0.15, 0.2) is 30.3 Å². The Hall–Kier alpha value is -1.78. The second kappa shape index (κ2) is 5.47. The second-order valence-electron chi connectivity index (χ2n) is 3.90. The van der Waals surface area contributed by atoms with Gasteiger partial charge < -0.3 is 10.5 Å². The van der Waals surface area contributed by atoms with Crippen molar-refractivity contribution >= 4 is 29.0 Å². The Bertz CT molecular complexity index is 644. The zero-order chi connectivity index (χ0) is 14.0. The molecule has 3 N–H and O–H groups in total. The van der Waals surface area contributed by atoms with Crippen LogP contribution in [0.5, 0.6) is 11.6 Å². The smallest absolute Gasteiger partial charge is 0.230 e. The van der Waals surface area contributed by atoms with E-state index in [9.17, 15) is 0 Å². The summed E-state index contributed by atoms with van der Waals surface area (Å²) in [6, 6.07) is 8.30. The summed E-state index contributed by atoms with van der Waals surface area (Å²) in [6.45, 7) is 1.82. The number of rotatable bonds is 3. The zero-order valence-corrected chi connectivity index (χ0v) is 11.6. The highest BCUT2D eigenvalue weighted by atomic mass is 35.5. The van der Waals surface area contributed by atoms with Gasteiger partial charge in [-0.2, -0.15) is 0 Å². The molecule has 0 aliphatic rings. The van der Waals surface area contributed by atoms with Crippen molar-refractivity contribution in [2.24, 2.45) is 5.73 Å². The number of nitrogens with zero attached hydrogens (tertiary/aromatic N) is 1. The Kier molecular flexibility index (Phi) is 3.93. The Labute approximate surface area is 120 Å². The van der Waals surface area contributed by atoms with Crippen molar-refractivity contribution < 1.29 is 4.74 Å². The van der Waals surface area contributed by atoms with Gasteiger partial charge in [0.25, 0.3) is 0 Å². The lowest BCUT2D eigenvalue weighted by molar-refractivity contribution is 0.460. The Morgan fingerprint density at radius 3 is 2.68 bits per heavy atom. The molecule has 1 heterocycles. The van der Waals surface area contributed by atoms with Gasteiger partial charge in [0.05, 0.1) is 10.6 Å². The van der Waals surface area contributed by atoms with Gasteiger partial charge in [-0.1, -0.05) is 23.2 Å². The third-order valence-electron chi connectivity index (χ3n) is 2.39. The molecule has 1 aromatic carbocycles. The summed E-state index contributed by atoms with van der Waals surface area (Å²) in [6.07, 6.45) is 0. The van der Waals surface area contributed by atoms with Crippen molar-refractivity contribution in [3.63, 3.8) is 0 Å². The first-order chi connectivity index (χ1) is 8.97. The standard InChI is InChI=1S/C13H11Cl2N3O/c1-7-2-4-9(12(16)17)13(18-7)19-11-6-8(14)3-5-10(11)15/h2-6H,1H3,(H3,16,17). The van der Waals surface area contributed by atoms with Crippen molar-refractivity contribution in [1.82, 2.24) is 4.98 Å². The number of nitrogen functional groups attached to an aromatic ring is 1. The largest absolute Gasteiger partial charge is 0.437 e. The molecule has 0 saturated heterocycles. The highest BCUT2D eigenvalue weighted by Gasteiger charge is 2.12. The Balaban J connectivity index is 2.45. The van der Waals surface area contributed by atoms with E-state index in [1.807, 2.05) is 6.92 Å². The van der Waals surface area contributed by atoms with E-state index in [1.54, 1.807) is 30.3 Å². The van der Waals surface area contributed by atoms with Crippen molar-refractivity contribution in [3.8, 4) is 11.6 Å².